The lowest BCUT2D eigenvalue weighted by atomic mass is 10.1. The highest BCUT2D eigenvalue weighted by atomic mass is 32.1. The lowest BCUT2D eigenvalue weighted by Gasteiger charge is -2.15. The van der Waals surface area contributed by atoms with Gasteiger partial charge in [-0.3, -0.25) is 9.59 Å². The van der Waals surface area contributed by atoms with Crippen molar-refractivity contribution in [3.8, 4) is 10.6 Å². The van der Waals surface area contributed by atoms with Crippen molar-refractivity contribution in [1.29, 1.82) is 0 Å². The summed E-state index contributed by atoms with van der Waals surface area (Å²) in [6, 6.07) is 7.84. The van der Waals surface area contributed by atoms with Crippen LogP contribution in [-0.2, 0) is 6.18 Å². The highest BCUT2D eigenvalue weighted by Crippen LogP contribution is 2.37. The number of halogens is 3. The molecule has 4 rings (SSSR count). The van der Waals surface area contributed by atoms with Gasteiger partial charge < -0.3 is 15.1 Å². The summed E-state index contributed by atoms with van der Waals surface area (Å²) in [5, 5.41) is 9.02. The van der Waals surface area contributed by atoms with Gasteiger partial charge in [-0.15, -0.1) is 11.3 Å². The van der Waals surface area contributed by atoms with Crippen molar-refractivity contribution in [3.05, 3.63) is 75.3 Å². The van der Waals surface area contributed by atoms with Crippen LogP contribution in [0.5, 0.6) is 0 Å². The first-order valence-corrected chi connectivity index (χ1v) is 10.9. The number of thiazole rings is 1. The fourth-order valence-corrected chi connectivity index (χ4v) is 4.53. The predicted octanol–water partition coefficient (Wildman–Crippen LogP) is 6.30. The number of hydrogen-bond acceptors (Lipinski definition) is 6. The Labute approximate surface area is 187 Å². The monoisotopic (exact) mass is 477 g/mol. The molecule has 32 heavy (non-hydrogen) atoms. The molecule has 0 unspecified atom stereocenters. The summed E-state index contributed by atoms with van der Waals surface area (Å²) in [5.74, 6) is -1.43. The number of thiophene rings is 1. The second kappa shape index (κ2) is 8.60. The molecule has 0 aliphatic heterocycles. The van der Waals surface area contributed by atoms with E-state index in [9.17, 15) is 22.8 Å². The minimum absolute atomic E-state index is 0.0435. The second-order valence-corrected chi connectivity index (χ2v) is 8.37. The Hall–Kier alpha value is -3.44. The van der Waals surface area contributed by atoms with Gasteiger partial charge in [0.25, 0.3) is 11.8 Å². The van der Waals surface area contributed by atoms with E-state index >= 15 is 0 Å². The van der Waals surface area contributed by atoms with E-state index in [-0.39, 0.29) is 16.3 Å². The first-order valence-electron chi connectivity index (χ1n) is 9.10. The Bertz CT molecular complexity index is 1260. The number of nitrogens with one attached hydrogen (secondary N) is 2. The van der Waals surface area contributed by atoms with E-state index in [0.29, 0.717) is 10.7 Å². The molecule has 0 saturated heterocycles. The average molecular weight is 477 g/mol. The number of amides is 2. The first-order chi connectivity index (χ1) is 15.2. The molecule has 11 heteroatoms. The van der Waals surface area contributed by atoms with Gasteiger partial charge in [0.05, 0.1) is 23.2 Å². The van der Waals surface area contributed by atoms with Crippen LogP contribution in [-0.4, -0.2) is 16.8 Å². The van der Waals surface area contributed by atoms with E-state index in [1.807, 2.05) is 16.8 Å². The molecule has 0 saturated carbocycles. The summed E-state index contributed by atoms with van der Waals surface area (Å²) in [6.07, 6.45) is -3.49. The largest absolute Gasteiger partial charge is 0.459 e. The molecule has 3 heterocycles. The maximum absolute atomic E-state index is 13.7. The summed E-state index contributed by atoms with van der Waals surface area (Å²) in [5.41, 5.74) is -0.350. The van der Waals surface area contributed by atoms with Gasteiger partial charge in [-0.1, -0.05) is 0 Å². The zero-order chi connectivity index (χ0) is 22.9. The molecule has 6 nitrogen and oxygen atoms in total. The Morgan fingerprint density at radius 3 is 2.56 bits per heavy atom. The van der Waals surface area contributed by atoms with Crippen molar-refractivity contribution in [1.82, 2.24) is 4.98 Å². The fraction of sp³-hybridized carbons (Fsp3) is 0.0952. The van der Waals surface area contributed by atoms with E-state index in [1.54, 1.807) is 6.92 Å². The van der Waals surface area contributed by atoms with E-state index in [0.717, 1.165) is 29.0 Å². The van der Waals surface area contributed by atoms with Gasteiger partial charge in [-0.25, -0.2) is 4.98 Å². The number of carbonyl (C=O) groups is 2. The molecular weight excluding hydrogens is 463 g/mol. The molecule has 0 fully saturated rings. The van der Waals surface area contributed by atoms with Gasteiger partial charge in [0.15, 0.2) is 5.76 Å². The minimum atomic E-state index is -4.77. The van der Waals surface area contributed by atoms with Crippen LogP contribution >= 0.6 is 22.7 Å². The van der Waals surface area contributed by atoms with Crippen molar-refractivity contribution < 1.29 is 27.2 Å². The zero-order valence-corrected chi connectivity index (χ0v) is 18.0. The average Bonchev–Trinajstić information content (AvgIpc) is 3.49. The number of alkyl halides is 3. The van der Waals surface area contributed by atoms with Crippen LogP contribution in [0.1, 0.15) is 31.5 Å². The molecule has 2 N–H and O–H groups in total. The molecule has 1 aromatic carbocycles. The zero-order valence-electron chi connectivity index (χ0n) is 16.3. The predicted molar refractivity (Wildman–Crippen MR) is 116 cm³/mol. The Kier molecular flexibility index (Phi) is 5.85. The lowest BCUT2D eigenvalue weighted by Crippen LogP contribution is -2.18. The number of hydrogen-bond donors (Lipinski definition) is 2. The van der Waals surface area contributed by atoms with Gasteiger partial charge >= 0.3 is 6.18 Å². The molecule has 0 bridgehead atoms. The van der Waals surface area contributed by atoms with E-state index < -0.39 is 29.2 Å². The number of aryl methyl sites for hydroxylation is 1. The molecular formula is C21H14F3N3O3S2. The molecule has 4 aromatic rings. The van der Waals surface area contributed by atoms with Crippen LogP contribution in [0, 0.1) is 6.92 Å². The normalized spacial score (nSPS) is 11.4. The third-order valence-electron chi connectivity index (χ3n) is 4.35. The molecule has 0 aliphatic rings. The van der Waals surface area contributed by atoms with Crippen molar-refractivity contribution in [3.63, 3.8) is 0 Å². The third kappa shape index (κ3) is 4.58. The van der Waals surface area contributed by atoms with Gasteiger partial charge in [0.1, 0.15) is 9.88 Å². The van der Waals surface area contributed by atoms with Crippen LogP contribution in [0.2, 0.25) is 0 Å². The number of anilines is 2. The van der Waals surface area contributed by atoms with Crippen LogP contribution < -0.4 is 10.6 Å². The fourth-order valence-electron chi connectivity index (χ4n) is 2.86. The summed E-state index contributed by atoms with van der Waals surface area (Å²) in [6.45, 7) is 1.62. The quantitative estimate of drug-likeness (QED) is 0.354. The van der Waals surface area contributed by atoms with Crippen molar-refractivity contribution in [2.24, 2.45) is 0 Å². The smallest absolute Gasteiger partial charge is 0.418 e. The second-order valence-electron chi connectivity index (χ2n) is 6.59. The maximum atomic E-state index is 13.7. The third-order valence-corrected chi connectivity index (χ3v) is 6.24. The first kappa shape index (κ1) is 21.8. The SMILES string of the molecule is Cc1nc(-c2ccsc2)sc1C(=O)Nc1ccc(NC(=O)c2ccco2)cc1C(F)(F)F. The number of nitrogens with zero attached hydrogens (tertiary/aromatic N) is 1. The number of aromatic nitrogens is 1. The van der Waals surface area contributed by atoms with Crippen molar-refractivity contribution in [2.45, 2.75) is 13.1 Å². The highest BCUT2D eigenvalue weighted by molar-refractivity contribution is 7.17. The number of furan rings is 1. The van der Waals surface area contributed by atoms with Crippen molar-refractivity contribution in [2.75, 3.05) is 10.6 Å². The summed E-state index contributed by atoms with van der Waals surface area (Å²) in [4.78, 5) is 29.3. The van der Waals surface area contributed by atoms with Gasteiger partial charge in [0, 0.05) is 16.6 Å². The Morgan fingerprint density at radius 2 is 1.91 bits per heavy atom. The number of carbonyl (C=O) groups excluding carboxylic acids is 2. The highest BCUT2D eigenvalue weighted by Gasteiger charge is 2.35. The molecule has 0 radical (unpaired) electrons. The Morgan fingerprint density at radius 1 is 1.09 bits per heavy atom. The summed E-state index contributed by atoms with van der Waals surface area (Å²) >= 11 is 2.58. The molecule has 164 valence electrons. The number of rotatable bonds is 5. The molecule has 0 atom stereocenters. The molecule has 2 amide bonds. The van der Waals surface area contributed by atoms with Crippen LogP contribution in [0.25, 0.3) is 10.6 Å². The van der Waals surface area contributed by atoms with Gasteiger partial charge in [-0.2, -0.15) is 24.5 Å². The Balaban J connectivity index is 1.59. The van der Waals surface area contributed by atoms with E-state index in [4.69, 9.17) is 4.42 Å². The van der Waals surface area contributed by atoms with Gasteiger partial charge in [-0.05, 0) is 48.7 Å². The minimum Gasteiger partial charge on any atom is -0.459 e. The molecule has 0 aliphatic carbocycles. The van der Waals surface area contributed by atoms with E-state index in [1.165, 1.54) is 35.8 Å². The maximum Gasteiger partial charge on any atom is 0.418 e. The number of benzene rings is 1. The van der Waals surface area contributed by atoms with Crippen LogP contribution in [0.15, 0.2) is 57.8 Å². The molecule has 3 aromatic heterocycles. The van der Waals surface area contributed by atoms with Crippen LogP contribution in [0.3, 0.4) is 0 Å². The van der Waals surface area contributed by atoms with Crippen molar-refractivity contribution >= 4 is 45.9 Å². The summed E-state index contributed by atoms with van der Waals surface area (Å²) in [7, 11) is 0. The van der Waals surface area contributed by atoms with Gasteiger partial charge in [0.2, 0.25) is 0 Å². The summed E-state index contributed by atoms with van der Waals surface area (Å²) < 4.78 is 45.9. The van der Waals surface area contributed by atoms with E-state index in [2.05, 4.69) is 15.6 Å². The topological polar surface area (TPSA) is 84.2 Å². The standard InChI is InChI=1S/C21H14F3N3O3S2/c1-11-17(32-20(25-11)12-6-8-31-10-12)19(29)27-15-5-4-13(9-14(15)21(22,23)24)26-18(28)16-3-2-7-30-16/h2-10H,1H3,(H,26,28)(H,27,29). The lowest BCUT2D eigenvalue weighted by molar-refractivity contribution is -0.136. The molecule has 0 spiro atoms. The van der Waals surface area contributed by atoms with Crippen LogP contribution in [0.4, 0.5) is 24.5 Å².